The van der Waals surface area contributed by atoms with Crippen molar-refractivity contribution >= 4 is 17.1 Å². The number of nitro groups is 1. The smallest absolute Gasteiger partial charge is 0.276 e. The molecule has 2 aromatic carbocycles. The summed E-state index contributed by atoms with van der Waals surface area (Å²) in [6.45, 7) is 0. The predicted molar refractivity (Wildman–Crippen MR) is 74.3 cm³/mol. The molecule has 0 unspecified atom stereocenters. The van der Waals surface area contributed by atoms with Crippen molar-refractivity contribution in [3.8, 4) is 0 Å². The highest BCUT2D eigenvalue weighted by atomic mass is 16.6. The van der Waals surface area contributed by atoms with E-state index >= 15 is 0 Å². The maximum absolute atomic E-state index is 11.1. The van der Waals surface area contributed by atoms with Gasteiger partial charge in [-0.15, -0.1) is 0 Å². The number of benzene rings is 2. The van der Waals surface area contributed by atoms with Crippen molar-refractivity contribution in [3.63, 3.8) is 0 Å². The first-order valence-corrected chi connectivity index (χ1v) is 6.00. The molecule has 1 aliphatic heterocycles. The van der Waals surface area contributed by atoms with Crippen LogP contribution in [0.1, 0.15) is 11.7 Å². The van der Waals surface area contributed by atoms with Gasteiger partial charge in [-0.1, -0.05) is 24.3 Å². The van der Waals surface area contributed by atoms with Crippen molar-refractivity contribution in [2.24, 2.45) is 0 Å². The number of nitrogens with one attached hydrogen (secondary N) is 1. The third kappa shape index (κ3) is 1.79. The number of para-hydroxylation sites is 3. The van der Waals surface area contributed by atoms with Gasteiger partial charge in [0.1, 0.15) is 6.17 Å². The lowest BCUT2D eigenvalue weighted by atomic mass is 10.1. The Kier molecular flexibility index (Phi) is 2.59. The molecule has 19 heavy (non-hydrogen) atoms. The number of fused-ring (bicyclic) bond motifs is 1. The van der Waals surface area contributed by atoms with Crippen LogP contribution in [0.2, 0.25) is 0 Å². The molecular formula is C14H13N3O2. The molecule has 0 saturated carbocycles. The average molecular weight is 255 g/mol. The van der Waals surface area contributed by atoms with Crippen molar-refractivity contribution in [2.75, 3.05) is 17.3 Å². The molecule has 0 saturated heterocycles. The van der Waals surface area contributed by atoms with Crippen LogP contribution in [0.3, 0.4) is 0 Å². The molecule has 0 bridgehead atoms. The predicted octanol–water partition coefficient (Wildman–Crippen LogP) is 3.16. The summed E-state index contributed by atoms with van der Waals surface area (Å²) in [6, 6.07) is 14.7. The zero-order valence-corrected chi connectivity index (χ0v) is 10.4. The highest BCUT2D eigenvalue weighted by Gasteiger charge is 2.31. The summed E-state index contributed by atoms with van der Waals surface area (Å²) in [4.78, 5) is 12.8. The molecule has 0 aromatic heterocycles. The number of anilines is 2. The molecule has 5 heteroatoms. The Hall–Kier alpha value is -2.56. The summed E-state index contributed by atoms with van der Waals surface area (Å²) in [5, 5.41) is 14.4. The van der Waals surface area contributed by atoms with Gasteiger partial charge in [0.15, 0.2) is 0 Å². The van der Waals surface area contributed by atoms with Gasteiger partial charge in [-0.3, -0.25) is 10.1 Å². The molecule has 0 amide bonds. The molecule has 1 atom stereocenters. The van der Waals surface area contributed by atoms with Crippen molar-refractivity contribution < 1.29 is 4.92 Å². The fourth-order valence-corrected chi connectivity index (χ4v) is 2.46. The van der Waals surface area contributed by atoms with Crippen molar-refractivity contribution in [2.45, 2.75) is 6.17 Å². The number of hydrogen-bond donors (Lipinski definition) is 1. The van der Waals surface area contributed by atoms with Gasteiger partial charge in [0.05, 0.1) is 21.9 Å². The second-order valence-electron chi connectivity index (χ2n) is 4.49. The Balaban J connectivity index is 2.05. The monoisotopic (exact) mass is 255 g/mol. The minimum atomic E-state index is -0.339. The van der Waals surface area contributed by atoms with E-state index in [9.17, 15) is 10.1 Å². The van der Waals surface area contributed by atoms with E-state index in [1.54, 1.807) is 12.1 Å². The summed E-state index contributed by atoms with van der Waals surface area (Å²) in [5.74, 6) is 0. The molecule has 1 aliphatic rings. The van der Waals surface area contributed by atoms with Crippen LogP contribution in [-0.2, 0) is 0 Å². The molecular weight excluding hydrogens is 242 g/mol. The average Bonchev–Trinajstić information content (AvgIpc) is 2.76. The van der Waals surface area contributed by atoms with E-state index < -0.39 is 0 Å². The van der Waals surface area contributed by atoms with Crippen LogP contribution < -0.4 is 10.2 Å². The maximum Gasteiger partial charge on any atom is 0.276 e. The topological polar surface area (TPSA) is 58.4 Å². The van der Waals surface area contributed by atoms with Crippen LogP contribution in [0, 0.1) is 10.1 Å². The maximum atomic E-state index is 11.1. The normalized spacial score (nSPS) is 16.9. The van der Waals surface area contributed by atoms with Crippen LogP contribution in [0.25, 0.3) is 0 Å². The first-order valence-electron chi connectivity index (χ1n) is 6.00. The number of nitrogens with zero attached hydrogens (tertiary/aromatic N) is 2. The van der Waals surface area contributed by atoms with Gasteiger partial charge in [0.2, 0.25) is 0 Å². The first kappa shape index (κ1) is 11.5. The highest BCUT2D eigenvalue weighted by Crippen LogP contribution is 2.41. The molecule has 5 nitrogen and oxygen atoms in total. The molecule has 96 valence electrons. The molecule has 0 aliphatic carbocycles. The molecule has 3 rings (SSSR count). The van der Waals surface area contributed by atoms with Crippen LogP contribution >= 0.6 is 0 Å². The van der Waals surface area contributed by atoms with Crippen LogP contribution in [0.4, 0.5) is 17.1 Å². The van der Waals surface area contributed by atoms with Crippen LogP contribution in [0.5, 0.6) is 0 Å². The lowest BCUT2D eigenvalue weighted by Gasteiger charge is -2.22. The molecule has 2 aromatic rings. The summed E-state index contributed by atoms with van der Waals surface area (Å²) in [7, 11) is 1.93. The van der Waals surface area contributed by atoms with Crippen LogP contribution in [-0.4, -0.2) is 12.0 Å². The van der Waals surface area contributed by atoms with Crippen molar-refractivity contribution in [1.29, 1.82) is 0 Å². The van der Waals surface area contributed by atoms with Gasteiger partial charge in [0, 0.05) is 13.1 Å². The van der Waals surface area contributed by atoms with Crippen molar-refractivity contribution in [3.05, 3.63) is 64.2 Å². The SMILES string of the molecule is CN1c2ccccc2N[C@H]1c1ccccc1[N+](=O)[O-]. The molecule has 1 N–H and O–H groups in total. The zero-order chi connectivity index (χ0) is 13.4. The second-order valence-corrected chi connectivity index (χ2v) is 4.49. The van der Waals surface area contributed by atoms with Crippen LogP contribution in [0.15, 0.2) is 48.5 Å². The summed E-state index contributed by atoms with van der Waals surface area (Å²) >= 11 is 0. The summed E-state index contributed by atoms with van der Waals surface area (Å²) in [6.07, 6.45) is -0.209. The Labute approximate surface area is 110 Å². The lowest BCUT2D eigenvalue weighted by molar-refractivity contribution is -0.385. The fourth-order valence-electron chi connectivity index (χ4n) is 2.46. The number of hydrogen-bond acceptors (Lipinski definition) is 4. The third-order valence-corrected chi connectivity index (χ3v) is 3.39. The molecule has 1 heterocycles. The van der Waals surface area contributed by atoms with Gasteiger partial charge < -0.3 is 10.2 Å². The molecule has 0 radical (unpaired) electrons. The van der Waals surface area contributed by atoms with E-state index in [1.807, 2.05) is 42.3 Å². The first-order chi connectivity index (χ1) is 9.18. The van der Waals surface area contributed by atoms with E-state index in [4.69, 9.17) is 0 Å². The quantitative estimate of drug-likeness (QED) is 0.661. The second kappa shape index (κ2) is 4.28. The standard InChI is InChI=1S/C14H13N3O2/c1-16-13-9-5-3-7-11(13)15-14(16)10-6-2-4-8-12(10)17(18)19/h2-9,14-15H,1H3/t14-/m1/s1. The van der Waals surface area contributed by atoms with Crippen molar-refractivity contribution in [1.82, 2.24) is 0 Å². The van der Waals surface area contributed by atoms with E-state index in [0.717, 1.165) is 11.4 Å². The van der Waals surface area contributed by atoms with Gasteiger partial charge in [-0.2, -0.15) is 0 Å². The highest BCUT2D eigenvalue weighted by molar-refractivity contribution is 5.76. The molecule has 0 spiro atoms. The number of rotatable bonds is 2. The Bertz CT molecular complexity index is 642. The van der Waals surface area contributed by atoms with E-state index in [2.05, 4.69) is 5.32 Å². The Morgan fingerprint density at radius 1 is 1.16 bits per heavy atom. The number of nitro benzene ring substituents is 1. The summed E-state index contributed by atoms with van der Waals surface area (Å²) < 4.78 is 0. The minimum Gasteiger partial charge on any atom is -0.360 e. The van der Waals surface area contributed by atoms with Gasteiger partial charge in [-0.25, -0.2) is 0 Å². The third-order valence-electron chi connectivity index (χ3n) is 3.39. The summed E-state index contributed by atoms with van der Waals surface area (Å²) in [5.41, 5.74) is 2.85. The largest absolute Gasteiger partial charge is 0.360 e. The lowest BCUT2D eigenvalue weighted by Crippen LogP contribution is -2.24. The van der Waals surface area contributed by atoms with E-state index in [0.29, 0.717) is 5.56 Å². The fraction of sp³-hybridized carbons (Fsp3) is 0.143. The Morgan fingerprint density at radius 2 is 1.84 bits per heavy atom. The minimum absolute atomic E-state index is 0.139. The zero-order valence-electron chi connectivity index (χ0n) is 10.4. The van der Waals surface area contributed by atoms with E-state index in [1.165, 1.54) is 6.07 Å². The van der Waals surface area contributed by atoms with Gasteiger partial charge >= 0.3 is 0 Å². The van der Waals surface area contributed by atoms with Gasteiger partial charge in [0.25, 0.3) is 5.69 Å². The Morgan fingerprint density at radius 3 is 2.58 bits per heavy atom. The van der Waals surface area contributed by atoms with Gasteiger partial charge in [-0.05, 0) is 18.2 Å². The van der Waals surface area contributed by atoms with E-state index in [-0.39, 0.29) is 16.8 Å². The molecule has 0 fully saturated rings.